The van der Waals surface area contributed by atoms with Gasteiger partial charge in [-0.05, 0) is 0 Å². The van der Waals surface area contributed by atoms with Gasteiger partial charge in [-0.15, -0.1) is 0 Å². The fraction of sp³-hybridized carbons (Fsp3) is 0.250. The summed E-state index contributed by atoms with van der Waals surface area (Å²) >= 11 is 15.0. The van der Waals surface area contributed by atoms with E-state index < -0.39 is 15.7 Å². The van der Waals surface area contributed by atoms with E-state index in [1.165, 1.54) is 0 Å². The number of hydrogen-bond acceptors (Lipinski definition) is 3. The summed E-state index contributed by atoms with van der Waals surface area (Å²) in [7, 11) is 0. The molecule has 0 aliphatic heterocycles. The molecule has 0 N–H and O–H groups in total. The maximum Gasteiger partial charge on any atom is 0.366 e. The van der Waals surface area contributed by atoms with Crippen molar-refractivity contribution in [2.75, 3.05) is 0 Å². The van der Waals surface area contributed by atoms with Gasteiger partial charge in [0.1, 0.15) is 0 Å². The highest BCUT2D eigenvalue weighted by molar-refractivity contribution is 6.75. The molecule has 0 aromatic heterocycles. The van der Waals surface area contributed by atoms with Crippen LogP contribution in [0.1, 0.15) is 0 Å². The number of ether oxygens (including phenoxy) is 1. The average molecular weight is 204 g/mol. The summed E-state index contributed by atoms with van der Waals surface area (Å²) in [6, 6.07) is 0. The summed E-state index contributed by atoms with van der Waals surface area (Å²) in [5.74, 6) is -2.31. The molecule has 0 heterocycles. The Morgan fingerprint density at radius 1 is 1.30 bits per heavy atom. The Kier molecular flexibility index (Phi) is 3.42. The minimum absolute atomic E-state index is 1.06. The standard InChI is InChI=1S/C4H2Cl3O3/c1-2(8)10-3(9)4(5,6)7/h1H2. The minimum Gasteiger partial charge on any atom is -0.390 e. The van der Waals surface area contributed by atoms with Crippen molar-refractivity contribution >= 4 is 46.7 Å². The van der Waals surface area contributed by atoms with Gasteiger partial charge in [0.2, 0.25) is 0 Å². The van der Waals surface area contributed by atoms with Gasteiger partial charge in [0.25, 0.3) is 3.79 Å². The third kappa shape index (κ3) is 3.93. The Bertz CT molecular complexity index is 160. The van der Waals surface area contributed by atoms with E-state index in [9.17, 15) is 9.59 Å². The third-order valence-electron chi connectivity index (χ3n) is 0.438. The van der Waals surface area contributed by atoms with Gasteiger partial charge in [-0.2, -0.15) is 0 Å². The van der Waals surface area contributed by atoms with Gasteiger partial charge in [-0.25, -0.2) is 4.79 Å². The largest absolute Gasteiger partial charge is 0.390 e. The zero-order chi connectivity index (χ0) is 8.36. The number of halogens is 3. The van der Waals surface area contributed by atoms with Gasteiger partial charge in [-0.1, -0.05) is 34.8 Å². The number of carbonyl (C=O) groups is 2. The summed E-state index contributed by atoms with van der Waals surface area (Å²) < 4.78 is 1.61. The number of alkyl halides is 3. The van der Waals surface area contributed by atoms with Crippen molar-refractivity contribution in [3.63, 3.8) is 0 Å². The van der Waals surface area contributed by atoms with Gasteiger partial charge < -0.3 is 4.74 Å². The first kappa shape index (κ1) is 10.0. The van der Waals surface area contributed by atoms with E-state index in [2.05, 4.69) is 11.7 Å². The van der Waals surface area contributed by atoms with E-state index in [0.29, 0.717) is 0 Å². The van der Waals surface area contributed by atoms with Crippen LogP contribution in [0.15, 0.2) is 0 Å². The Hall–Kier alpha value is 0.01000. The van der Waals surface area contributed by atoms with Gasteiger partial charge in [0.15, 0.2) is 0 Å². The first-order valence-corrected chi connectivity index (χ1v) is 3.12. The summed E-state index contributed by atoms with van der Waals surface area (Å²) in [6.45, 7) is 2.73. The van der Waals surface area contributed by atoms with E-state index in [1.54, 1.807) is 0 Å². The quantitative estimate of drug-likeness (QED) is 0.339. The summed E-state index contributed by atoms with van der Waals surface area (Å²) in [5.41, 5.74) is 0. The lowest BCUT2D eigenvalue weighted by Gasteiger charge is -2.06. The molecule has 0 amide bonds. The topological polar surface area (TPSA) is 43.4 Å². The molecule has 0 aliphatic rings. The molecule has 3 nitrogen and oxygen atoms in total. The van der Waals surface area contributed by atoms with Crippen molar-refractivity contribution in [1.29, 1.82) is 0 Å². The van der Waals surface area contributed by atoms with Gasteiger partial charge in [0.05, 0.1) is 6.92 Å². The van der Waals surface area contributed by atoms with Crippen LogP contribution in [-0.2, 0) is 14.3 Å². The zero-order valence-corrected chi connectivity index (χ0v) is 6.83. The predicted molar refractivity (Wildman–Crippen MR) is 36.7 cm³/mol. The Morgan fingerprint density at radius 3 is 1.80 bits per heavy atom. The molecule has 10 heavy (non-hydrogen) atoms. The average Bonchev–Trinajstić information content (AvgIpc) is 1.60. The third-order valence-corrected chi connectivity index (χ3v) is 0.901. The van der Waals surface area contributed by atoms with Crippen molar-refractivity contribution in [2.24, 2.45) is 0 Å². The second-order valence-electron chi connectivity index (χ2n) is 1.26. The molecule has 0 fully saturated rings. The molecule has 57 valence electrons. The smallest absolute Gasteiger partial charge is 0.366 e. The molecule has 0 aromatic carbocycles. The van der Waals surface area contributed by atoms with Crippen LogP contribution in [0.25, 0.3) is 0 Å². The van der Waals surface area contributed by atoms with Gasteiger partial charge >= 0.3 is 11.9 Å². The van der Waals surface area contributed by atoms with Crippen LogP contribution in [0.3, 0.4) is 0 Å². The highest BCUT2D eigenvalue weighted by Crippen LogP contribution is 2.27. The minimum atomic E-state index is -2.21. The fourth-order valence-corrected chi connectivity index (χ4v) is 0.277. The van der Waals surface area contributed by atoms with Crippen LogP contribution in [0.5, 0.6) is 0 Å². The zero-order valence-electron chi connectivity index (χ0n) is 4.57. The summed E-state index contributed by atoms with van der Waals surface area (Å²) in [6.07, 6.45) is 0. The fourth-order valence-electron chi connectivity index (χ4n) is 0.161. The van der Waals surface area contributed by atoms with Crippen molar-refractivity contribution in [3.05, 3.63) is 6.92 Å². The maximum atomic E-state index is 10.4. The molecule has 0 spiro atoms. The van der Waals surface area contributed by atoms with Crippen molar-refractivity contribution in [2.45, 2.75) is 3.79 Å². The molecule has 0 atom stereocenters. The highest BCUT2D eigenvalue weighted by Gasteiger charge is 2.33. The molecule has 6 heteroatoms. The number of carbonyl (C=O) groups excluding carboxylic acids is 2. The van der Waals surface area contributed by atoms with Crippen LogP contribution >= 0.6 is 34.8 Å². The van der Waals surface area contributed by atoms with Crippen LogP contribution in [0, 0.1) is 6.92 Å². The summed E-state index contributed by atoms with van der Waals surface area (Å²) in [5, 5.41) is 0. The first-order valence-electron chi connectivity index (χ1n) is 1.99. The number of esters is 2. The van der Waals surface area contributed by atoms with Crippen LogP contribution in [-0.4, -0.2) is 15.7 Å². The van der Waals surface area contributed by atoms with E-state index in [0.717, 1.165) is 0 Å². The lowest BCUT2D eigenvalue weighted by molar-refractivity contribution is -0.155. The Balaban J connectivity index is 3.99. The van der Waals surface area contributed by atoms with Crippen LogP contribution in [0.4, 0.5) is 0 Å². The molecular weight excluding hydrogens is 202 g/mol. The molecule has 0 aromatic rings. The maximum absolute atomic E-state index is 10.4. The van der Waals surface area contributed by atoms with Crippen LogP contribution in [0.2, 0.25) is 0 Å². The lowest BCUT2D eigenvalue weighted by atomic mass is 10.7. The lowest BCUT2D eigenvalue weighted by Crippen LogP contribution is -2.23. The van der Waals surface area contributed by atoms with Crippen molar-refractivity contribution in [3.8, 4) is 0 Å². The molecule has 0 saturated heterocycles. The SMILES string of the molecule is [CH2]C(=O)OC(=O)C(Cl)(Cl)Cl. The Labute approximate surface area is 72.2 Å². The number of hydrogen-bond donors (Lipinski definition) is 0. The second-order valence-corrected chi connectivity index (χ2v) is 3.54. The first-order chi connectivity index (χ1) is 4.34. The van der Waals surface area contributed by atoms with Crippen molar-refractivity contribution in [1.82, 2.24) is 0 Å². The van der Waals surface area contributed by atoms with E-state index in [4.69, 9.17) is 34.8 Å². The van der Waals surface area contributed by atoms with E-state index in [1.807, 2.05) is 0 Å². The molecule has 0 rings (SSSR count). The summed E-state index contributed by atoms with van der Waals surface area (Å²) in [4.78, 5) is 20.4. The second kappa shape index (κ2) is 3.42. The molecule has 0 unspecified atom stereocenters. The predicted octanol–water partition coefficient (Wildman–Crippen LogP) is 1.26. The van der Waals surface area contributed by atoms with Gasteiger partial charge in [-0.3, -0.25) is 4.79 Å². The molecule has 1 radical (unpaired) electrons. The number of rotatable bonds is 0. The van der Waals surface area contributed by atoms with Crippen molar-refractivity contribution < 1.29 is 14.3 Å². The monoisotopic (exact) mass is 203 g/mol. The molecule has 0 saturated carbocycles. The molecule has 0 bridgehead atoms. The van der Waals surface area contributed by atoms with E-state index >= 15 is 0 Å². The van der Waals surface area contributed by atoms with E-state index in [-0.39, 0.29) is 0 Å². The Morgan fingerprint density at radius 2 is 1.70 bits per heavy atom. The molecule has 0 aliphatic carbocycles. The normalized spacial score (nSPS) is 10.8. The van der Waals surface area contributed by atoms with Crippen LogP contribution < -0.4 is 0 Å². The van der Waals surface area contributed by atoms with Gasteiger partial charge in [0, 0.05) is 0 Å². The molecular formula is C4H2Cl3O3. The highest BCUT2D eigenvalue weighted by atomic mass is 35.6.